The number of anilines is 2. The lowest BCUT2D eigenvalue weighted by Crippen LogP contribution is -2.36. The minimum Gasteiger partial charge on any atom is -0.455 e. The summed E-state index contributed by atoms with van der Waals surface area (Å²) >= 11 is 0. The van der Waals surface area contributed by atoms with Crippen LogP contribution in [0.3, 0.4) is 0 Å². The molecule has 0 aromatic heterocycles. The van der Waals surface area contributed by atoms with E-state index >= 15 is 0 Å². The molecular formula is C22H19FN2O3. The SMILES string of the molecule is CC(=O)N(CC(=O)Nc1ccccc1Oc1ccccc1)c1ccc(F)cc1. The van der Waals surface area contributed by atoms with Gasteiger partial charge in [-0.25, -0.2) is 4.39 Å². The van der Waals surface area contributed by atoms with Crippen molar-refractivity contribution in [1.82, 2.24) is 0 Å². The number of amides is 2. The number of halogens is 1. The molecule has 2 amide bonds. The van der Waals surface area contributed by atoms with Gasteiger partial charge in [0.2, 0.25) is 11.8 Å². The van der Waals surface area contributed by atoms with E-state index in [4.69, 9.17) is 4.74 Å². The lowest BCUT2D eigenvalue weighted by atomic mass is 10.2. The van der Waals surface area contributed by atoms with E-state index < -0.39 is 11.7 Å². The number of rotatable bonds is 6. The number of carbonyl (C=O) groups excluding carboxylic acids is 2. The summed E-state index contributed by atoms with van der Waals surface area (Å²) in [7, 11) is 0. The summed E-state index contributed by atoms with van der Waals surface area (Å²) in [5.74, 6) is -0.0120. The molecule has 0 atom stereocenters. The minimum absolute atomic E-state index is 0.208. The van der Waals surface area contributed by atoms with Crippen LogP contribution < -0.4 is 15.0 Å². The van der Waals surface area contributed by atoms with E-state index in [2.05, 4.69) is 5.32 Å². The summed E-state index contributed by atoms with van der Waals surface area (Å²) in [6.45, 7) is 1.14. The van der Waals surface area contributed by atoms with Crippen molar-refractivity contribution in [3.8, 4) is 11.5 Å². The molecular weight excluding hydrogens is 359 g/mol. The molecule has 0 spiro atoms. The topological polar surface area (TPSA) is 58.6 Å². The number of hydrogen-bond acceptors (Lipinski definition) is 3. The third-order valence-electron chi connectivity index (χ3n) is 3.95. The predicted molar refractivity (Wildman–Crippen MR) is 106 cm³/mol. The van der Waals surface area contributed by atoms with Gasteiger partial charge in [0, 0.05) is 12.6 Å². The van der Waals surface area contributed by atoms with Gasteiger partial charge in [0.25, 0.3) is 0 Å². The fourth-order valence-corrected chi connectivity index (χ4v) is 2.61. The van der Waals surface area contributed by atoms with E-state index in [1.165, 1.54) is 36.1 Å². The number of carbonyl (C=O) groups is 2. The Balaban J connectivity index is 1.73. The fraction of sp³-hybridized carbons (Fsp3) is 0.0909. The third-order valence-corrected chi connectivity index (χ3v) is 3.95. The van der Waals surface area contributed by atoms with E-state index in [0.29, 0.717) is 22.9 Å². The molecule has 0 unspecified atom stereocenters. The normalized spacial score (nSPS) is 10.2. The molecule has 6 heteroatoms. The first kappa shape index (κ1) is 19.1. The van der Waals surface area contributed by atoms with Gasteiger partial charge in [0.1, 0.15) is 18.1 Å². The average Bonchev–Trinajstić information content (AvgIpc) is 2.69. The lowest BCUT2D eigenvalue weighted by Gasteiger charge is -2.21. The first-order chi connectivity index (χ1) is 13.5. The monoisotopic (exact) mass is 378 g/mol. The summed E-state index contributed by atoms with van der Waals surface area (Å²) in [6.07, 6.45) is 0. The smallest absolute Gasteiger partial charge is 0.244 e. The molecule has 142 valence electrons. The highest BCUT2D eigenvalue weighted by Gasteiger charge is 2.17. The summed E-state index contributed by atoms with van der Waals surface area (Å²) < 4.78 is 19.0. The second kappa shape index (κ2) is 8.81. The van der Waals surface area contributed by atoms with Crippen molar-refractivity contribution in [2.45, 2.75) is 6.92 Å². The van der Waals surface area contributed by atoms with Crippen molar-refractivity contribution in [3.05, 3.63) is 84.7 Å². The molecule has 0 heterocycles. The second-order valence-electron chi connectivity index (χ2n) is 6.04. The van der Waals surface area contributed by atoms with Crippen LogP contribution in [0, 0.1) is 5.82 Å². The van der Waals surface area contributed by atoms with Gasteiger partial charge in [0.15, 0.2) is 5.75 Å². The van der Waals surface area contributed by atoms with Crippen molar-refractivity contribution in [1.29, 1.82) is 0 Å². The Bertz CT molecular complexity index is 959. The summed E-state index contributed by atoms with van der Waals surface area (Å²) in [4.78, 5) is 25.8. The van der Waals surface area contributed by atoms with Crippen LogP contribution in [0.2, 0.25) is 0 Å². The summed E-state index contributed by atoms with van der Waals surface area (Å²) in [5.41, 5.74) is 0.928. The van der Waals surface area contributed by atoms with E-state index in [-0.39, 0.29) is 12.5 Å². The summed E-state index contributed by atoms with van der Waals surface area (Å²) in [5, 5.41) is 2.77. The van der Waals surface area contributed by atoms with Crippen LogP contribution in [0.5, 0.6) is 11.5 Å². The van der Waals surface area contributed by atoms with Crippen molar-refractivity contribution in [2.75, 3.05) is 16.8 Å². The van der Waals surface area contributed by atoms with E-state index in [1.807, 2.05) is 30.3 Å². The van der Waals surface area contributed by atoms with Crippen LogP contribution >= 0.6 is 0 Å². The summed E-state index contributed by atoms with van der Waals surface area (Å²) in [6, 6.07) is 21.6. The number of benzene rings is 3. The van der Waals surface area contributed by atoms with Gasteiger partial charge in [-0.15, -0.1) is 0 Å². The Labute approximate surface area is 162 Å². The standard InChI is InChI=1S/C22H19FN2O3/c1-16(26)25(18-13-11-17(23)12-14-18)15-22(27)24-20-9-5-6-10-21(20)28-19-7-3-2-4-8-19/h2-14H,15H2,1H3,(H,24,27). The molecule has 3 aromatic carbocycles. The van der Waals surface area contributed by atoms with Crippen LogP contribution in [-0.2, 0) is 9.59 Å². The van der Waals surface area contributed by atoms with Crippen molar-refractivity contribution < 1.29 is 18.7 Å². The maximum Gasteiger partial charge on any atom is 0.244 e. The van der Waals surface area contributed by atoms with E-state index in [0.717, 1.165) is 0 Å². The molecule has 0 saturated heterocycles. The molecule has 28 heavy (non-hydrogen) atoms. The zero-order chi connectivity index (χ0) is 19.9. The third kappa shape index (κ3) is 4.94. The molecule has 0 saturated carbocycles. The molecule has 5 nitrogen and oxygen atoms in total. The van der Waals surface area contributed by atoms with E-state index in [1.54, 1.807) is 24.3 Å². The highest BCUT2D eigenvalue weighted by atomic mass is 19.1. The van der Waals surface area contributed by atoms with Crippen LogP contribution in [0.25, 0.3) is 0 Å². The zero-order valence-corrected chi connectivity index (χ0v) is 15.3. The number of nitrogens with one attached hydrogen (secondary N) is 1. The molecule has 0 radical (unpaired) electrons. The lowest BCUT2D eigenvalue weighted by molar-refractivity contribution is -0.120. The second-order valence-corrected chi connectivity index (χ2v) is 6.04. The molecule has 1 N–H and O–H groups in total. The van der Waals surface area contributed by atoms with Crippen molar-refractivity contribution in [3.63, 3.8) is 0 Å². The number of hydrogen-bond donors (Lipinski definition) is 1. The van der Waals surface area contributed by atoms with Gasteiger partial charge < -0.3 is 15.0 Å². The maximum absolute atomic E-state index is 13.1. The predicted octanol–water partition coefficient (Wildman–Crippen LogP) is 4.61. The number of para-hydroxylation sites is 3. The molecule has 0 fully saturated rings. The van der Waals surface area contributed by atoms with Crippen LogP contribution in [-0.4, -0.2) is 18.4 Å². The Morgan fingerprint density at radius 1 is 0.929 bits per heavy atom. The Kier molecular flexibility index (Phi) is 6.01. The van der Waals surface area contributed by atoms with Gasteiger partial charge in [-0.3, -0.25) is 9.59 Å². The number of nitrogens with zero attached hydrogens (tertiary/aromatic N) is 1. The largest absolute Gasteiger partial charge is 0.455 e. The molecule has 3 rings (SSSR count). The maximum atomic E-state index is 13.1. The van der Waals surface area contributed by atoms with Gasteiger partial charge >= 0.3 is 0 Å². The van der Waals surface area contributed by atoms with Gasteiger partial charge in [-0.2, -0.15) is 0 Å². The fourth-order valence-electron chi connectivity index (χ4n) is 2.61. The van der Waals surface area contributed by atoms with Gasteiger partial charge in [0.05, 0.1) is 5.69 Å². The highest BCUT2D eigenvalue weighted by Crippen LogP contribution is 2.29. The Hall–Kier alpha value is -3.67. The van der Waals surface area contributed by atoms with Crippen LogP contribution in [0.15, 0.2) is 78.9 Å². The van der Waals surface area contributed by atoms with Crippen molar-refractivity contribution >= 4 is 23.2 Å². The quantitative estimate of drug-likeness (QED) is 0.681. The molecule has 0 aliphatic rings. The van der Waals surface area contributed by atoms with Crippen LogP contribution in [0.1, 0.15) is 6.92 Å². The number of ether oxygens (including phenoxy) is 1. The Morgan fingerprint density at radius 2 is 1.57 bits per heavy atom. The average molecular weight is 378 g/mol. The van der Waals surface area contributed by atoms with Crippen molar-refractivity contribution in [2.24, 2.45) is 0 Å². The first-order valence-corrected chi connectivity index (χ1v) is 8.68. The molecule has 0 aliphatic carbocycles. The molecule has 0 aliphatic heterocycles. The molecule has 3 aromatic rings. The Morgan fingerprint density at radius 3 is 2.25 bits per heavy atom. The van der Waals surface area contributed by atoms with Crippen LogP contribution in [0.4, 0.5) is 15.8 Å². The first-order valence-electron chi connectivity index (χ1n) is 8.68. The van der Waals surface area contributed by atoms with Gasteiger partial charge in [-0.1, -0.05) is 30.3 Å². The van der Waals surface area contributed by atoms with E-state index in [9.17, 15) is 14.0 Å². The minimum atomic E-state index is -0.413. The van der Waals surface area contributed by atoms with Gasteiger partial charge in [-0.05, 0) is 48.5 Å². The zero-order valence-electron chi connectivity index (χ0n) is 15.3. The molecule has 0 bridgehead atoms. The highest BCUT2D eigenvalue weighted by molar-refractivity contribution is 6.02.